The molecular weight excluding hydrogens is 254 g/mol. The second kappa shape index (κ2) is 7.87. The van der Waals surface area contributed by atoms with Gasteiger partial charge in [0.2, 0.25) is 0 Å². The van der Waals surface area contributed by atoms with Gasteiger partial charge in [0.1, 0.15) is 0 Å². The summed E-state index contributed by atoms with van der Waals surface area (Å²) in [5, 5.41) is 0. The van der Waals surface area contributed by atoms with Gasteiger partial charge in [-0.15, -0.1) is 0 Å². The quantitative estimate of drug-likeness (QED) is 0.541. The highest BCUT2D eigenvalue weighted by Gasteiger charge is 2.01. The predicted octanol–water partition coefficient (Wildman–Crippen LogP) is 5.29. The number of anilines is 1. The molecule has 1 heteroatoms. The van der Waals surface area contributed by atoms with Crippen LogP contribution in [0.25, 0.3) is 0 Å². The Bertz CT molecular complexity index is 555. The lowest BCUT2D eigenvalue weighted by Gasteiger charge is -2.08. The molecule has 0 aliphatic heterocycles. The van der Waals surface area contributed by atoms with E-state index in [0.717, 1.165) is 12.1 Å². The lowest BCUT2D eigenvalue weighted by Crippen LogP contribution is -1.95. The number of hydrogen-bond acceptors (Lipinski definition) is 1. The van der Waals surface area contributed by atoms with Gasteiger partial charge in [0.25, 0.3) is 0 Å². The van der Waals surface area contributed by atoms with Crippen molar-refractivity contribution < 1.29 is 0 Å². The van der Waals surface area contributed by atoms with Gasteiger partial charge in [-0.1, -0.05) is 56.5 Å². The first-order valence-electron chi connectivity index (χ1n) is 8.12. The van der Waals surface area contributed by atoms with Gasteiger partial charge in [-0.05, 0) is 60.6 Å². The highest BCUT2D eigenvalue weighted by atomic mass is 14.5. The number of nitrogen functional groups attached to an aromatic ring is 1. The van der Waals surface area contributed by atoms with Crippen LogP contribution in [-0.4, -0.2) is 0 Å². The summed E-state index contributed by atoms with van der Waals surface area (Å²) in [5.74, 6) is 0. The SMILES string of the molecule is CCCCCCc1ccc(Cc2ccc(N)cc2C)cc1. The van der Waals surface area contributed by atoms with Crippen LogP contribution in [0.1, 0.15) is 54.9 Å². The Hall–Kier alpha value is -1.76. The number of benzene rings is 2. The van der Waals surface area contributed by atoms with E-state index in [-0.39, 0.29) is 0 Å². The minimum atomic E-state index is 0.846. The van der Waals surface area contributed by atoms with E-state index in [1.165, 1.54) is 54.4 Å². The van der Waals surface area contributed by atoms with Gasteiger partial charge in [-0.3, -0.25) is 0 Å². The molecule has 2 aromatic rings. The zero-order valence-electron chi connectivity index (χ0n) is 13.4. The molecule has 0 saturated carbocycles. The first-order chi connectivity index (χ1) is 10.2. The van der Waals surface area contributed by atoms with Crippen molar-refractivity contribution in [1.29, 1.82) is 0 Å². The lowest BCUT2D eigenvalue weighted by atomic mass is 9.98. The Morgan fingerprint density at radius 3 is 2.24 bits per heavy atom. The minimum absolute atomic E-state index is 0.846. The van der Waals surface area contributed by atoms with Gasteiger partial charge in [0.05, 0.1) is 0 Å². The molecule has 0 radical (unpaired) electrons. The second-order valence-corrected chi connectivity index (χ2v) is 5.99. The van der Waals surface area contributed by atoms with Crippen LogP contribution < -0.4 is 5.73 Å². The third kappa shape index (κ3) is 4.93. The average Bonchev–Trinajstić information content (AvgIpc) is 2.48. The Kier molecular flexibility index (Phi) is 5.86. The summed E-state index contributed by atoms with van der Waals surface area (Å²) in [6.07, 6.45) is 7.52. The molecule has 0 heterocycles. The first kappa shape index (κ1) is 15.6. The van der Waals surface area contributed by atoms with E-state index in [1.807, 2.05) is 6.07 Å². The molecule has 0 bridgehead atoms. The molecule has 0 amide bonds. The number of unbranched alkanes of at least 4 members (excludes halogenated alkanes) is 3. The van der Waals surface area contributed by atoms with Crippen LogP contribution in [0, 0.1) is 6.92 Å². The maximum atomic E-state index is 5.81. The van der Waals surface area contributed by atoms with Crippen LogP contribution in [0.3, 0.4) is 0 Å². The topological polar surface area (TPSA) is 26.0 Å². The zero-order valence-corrected chi connectivity index (χ0v) is 13.4. The molecule has 0 spiro atoms. The molecule has 2 aromatic carbocycles. The van der Waals surface area contributed by atoms with E-state index >= 15 is 0 Å². The molecule has 2 rings (SSSR count). The van der Waals surface area contributed by atoms with E-state index < -0.39 is 0 Å². The van der Waals surface area contributed by atoms with E-state index in [0.29, 0.717) is 0 Å². The van der Waals surface area contributed by atoms with Gasteiger partial charge < -0.3 is 5.73 Å². The van der Waals surface area contributed by atoms with Crippen molar-refractivity contribution >= 4 is 5.69 Å². The monoisotopic (exact) mass is 281 g/mol. The van der Waals surface area contributed by atoms with E-state index in [9.17, 15) is 0 Å². The summed E-state index contributed by atoms with van der Waals surface area (Å²) in [7, 11) is 0. The number of aryl methyl sites for hydroxylation is 2. The van der Waals surface area contributed by atoms with E-state index in [2.05, 4.69) is 50.2 Å². The molecule has 112 valence electrons. The molecule has 1 nitrogen and oxygen atoms in total. The molecule has 0 aliphatic rings. The van der Waals surface area contributed by atoms with Crippen molar-refractivity contribution in [3.8, 4) is 0 Å². The smallest absolute Gasteiger partial charge is 0.0316 e. The summed E-state index contributed by atoms with van der Waals surface area (Å²) in [5.41, 5.74) is 12.1. The largest absolute Gasteiger partial charge is 0.399 e. The Balaban J connectivity index is 1.92. The highest BCUT2D eigenvalue weighted by Crippen LogP contribution is 2.17. The van der Waals surface area contributed by atoms with E-state index in [1.54, 1.807) is 0 Å². The van der Waals surface area contributed by atoms with Crippen molar-refractivity contribution in [2.75, 3.05) is 5.73 Å². The molecular formula is C20H27N. The van der Waals surface area contributed by atoms with Crippen LogP contribution in [0.15, 0.2) is 42.5 Å². The highest BCUT2D eigenvalue weighted by molar-refractivity contribution is 5.45. The van der Waals surface area contributed by atoms with Gasteiger partial charge in [-0.2, -0.15) is 0 Å². The summed E-state index contributed by atoms with van der Waals surface area (Å²) >= 11 is 0. The first-order valence-corrected chi connectivity index (χ1v) is 8.12. The van der Waals surface area contributed by atoms with Gasteiger partial charge in [0, 0.05) is 5.69 Å². The number of rotatable bonds is 7. The maximum absolute atomic E-state index is 5.81. The summed E-state index contributed by atoms with van der Waals surface area (Å²) in [6.45, 7) is 4.39. The fourth-order valence-corrected chi connectivity index (χ4v) is 2.72. The fraction of sp³-hybridized carbons (Fsp3) is 0.400. The van der Waals surface area contributed by atoms with Crippen molar-refractivity contribution in [3.63, 3.8) is 0 Å². The van der Waals surface area contributed by atoms with Crippen LogP contribution in [0.2, 0.25) is 0 Å². The molecule has 21 heavy (non-hydrogen) atoms. The van der Waals surface area contributed by atoms with E-state index in [4.69, 9.17) is 5.73 Å². The lowest BCUT2D eigenvalue weighted by molar-refractivity contribution is 0.667. The number of hydrogen-bond donors (Lipinski definition) is 1. The second-order valence-electron chi connectivity index (χ2n) is 5.99. The Morgan fingerprint density at radius 1 is 0.857 bits per heavy atom. The summed E-state index contributed by atoms with van der Waals surface area (Å²) < 4.78 is 0. The molecule has 0 saturated heterocycles. The minimum Gasteiger partial charge on any atom is -0.399 e. The van der Waals surface area contributed by atoms with Crippen molar-refractivity contribution in [2.24, 2.45) is 0 Å². The molecule has 0 atom stereocenters. The normalized spacial score (nSPS) is 10.8. The number of nitrogens with two attached hydrogens (primary N) is 1. The summed E-state index contributed by atoms with van der Waals surface area (Å²) in [6, 6.07) is 15.3. The van der Waals surface area contributed by atoms with Crippen LogP contribution in [0.4, 0.5) is 5.69 Å². The van der Waals surface area contributed by atoms with Crippen molar-refractivity contribution in [1.82, 2.24) is 0 Å². The zero-order chi connectivity index (χ0) is 15.1. The van der Waals surface area contributed by atoms with Gasteiger partial charge >= 0.3 is 0 Å². The molecule has 0 aliphatic carbocycles. The van der Waals surface area contributed by atoms with Crippen molar-refractivity contribution in [2.45, 2.75) is 52.4 Å². The van der Waals surface area contributed by atoms with Gasteiger partial charge in [-0.25, -0.2) is 0 Å². The summed E-state index contributed by atoms with van der Waals surface area (Å²) in [4.78, 5) is 0. The Labute approximate surface area is 129 Å². The Morgan fingerprint density at radius 2 is 1.57 bits per heavy atom. The molecule has 0 unspecified atom stereocenters. The molecule has 0 fully saturated rings. The predicted molar refractivity (Wildman–Crippen MR) is 92.7 cm³/mol. The third-order valence-corrected chi connectivity index (χ3v) is 4.10. The maximum Gasteiger partial charge on any atom is 0.0316 e. The molecule has 2 N–H and O–H groups in total. The fourth-order valence-electron chi connectivity index (χ4n) is 2.72. The van der Waals surface area contributed by atoms with Crippen LogP contribution in [-0.2, 0) is 12.8 Å². The third-order valence-electron chi connectivity index (χ3n) is 4.10. The van der Waals surface area contributed by atoms with Gasteiger partial charge in [0.15, 0.2) is 0 Å². The molecule has 0 aromatic heterocycles. The van der Waals surface area contributed by atoms with Crippen LogP contribution >= 0.6 is 0 Å². The standard InChI is InChI=1S/C20H27N/c1-3-4-5-6-7-17-8-10-18(11-9-17)15-19-12-13-20(21)14-16(19)2/h8-14H,3-7,15,21H2,1-2H3. The average molecular weight is 281 g/mol. The van der Waals surface area contributed by atoms with Crippen LogP contribution in [0.5, 0.6) is 0 Å². The van der Waals surface area contributed by atoms with Crippen molar-refractivity contribution in [3.05, 3.63) is 64.7 Å².